The molecule has 0 spiro atoms. The Balaban J connectivity index is 1.92. The lowest BCUT2D eigenvalue weighted by atomic mass is 10.2. The number of hydrogen-bond acceptors (Lipinski definition) is 3. The second kappa shape index (κ2) is 7.47. The van der Waals surface area contributed by atoms with Crippen LogP contribution in [0.3, 0.4) is 0 Å². The van der Waals surface area contributed by atoms with Gasteiger partial charge in [-0.25, -0.2) is 0 Å². The first-order valence-electron chi connectivity index (χ1n) is 9.36. The van der Waals surface area contributed by atoms with Gasteiger partial charge >= 0.3 is 0 Å². The van der Waals surface area contributed by atoms with Gasteiger partial charge in [-0.1, -0.05) is 81.4 Å². The maximum absolute atomic E-state index is 11.5. The molecular formula is C22H29NO2Si. The van der Waals surface area contributed by atoms with Gasteiger partial charge in [0.2, 0.25) is 0 Å². The molecule has 3 nitrogen and oxygen atoms in total. The van der Waals surface area contributed by atoms with Crippen LogP contribution in [0.15, 0.2) is 60.7 Å². The average molecular weight is 368 g/mol. The van der Waals surface area contributed by atoms with Gasteiger partial charge in [-0.3, -0.25) is 9.69 Å². The molecule has 2 atom stereocenters. The summed E-state index contributed by atoms with van der Waals surface area (Å²) in [5, 5.41) is 2.59. The number of hydrogen-bond donors (Lipinski definition) is 0. The van der Waals surface area contributed by atoms with Crippen molar-refractivity contribution in [2.45, 2.75) is 38.8 Å². The topological polar surface area (TPSA) is 29.3 Å². The maximum atomic E-state index is 11.5. The second-order valence-corrected chi connectivity index (χ2v) is 12.4. The van der Waals surface area contributed by atoms with Crippen molar-refractivity contribution in [1.29, 1.82) is 0 Å². The number of Topliss-reactive ketones (excluding diaryl/α,β-unsaturated/α-hetero) is 1. The van der Waals surface area contributed by atoms with Gasteiger partial charge in [0.25, 0.3) is 8.32 Å². The zero-order valence-corrected chi connectivity index (χ0v) is 17.2. The van der Waals surface area contributed by atoms with Crippen LogP contribution in [0.2, 0.25) is 5.04 Å². The third-order valence-corrected chi connectivity index (χ3v) is 10.3. The van der Waals surface area contributed by atoms with E-state index in [1.807, 2.05) is 0 Å². The Morgan fingerprint density at radius 2 is 1.54 bits per heavy atom. The van der Waals surface area contributed by atoms with Crippen molar-refractivity contribution in [1.82, 2.24) is 4.90 Å². The molecule has 2 aromatic rings. The zero-order valence-electron chi connectivity index (χ0n) is 16.2. The lowest BCUT2D eigenvalue weighted by Crippen LogP contribution is -2.66. The molecule has 1 fully saturated rings. The predicted octanol–water partition coefficient (Wildman–Crippen LogP) is 2.84. The molecule has 1 aliphatic rings. The van der Waals surface area contributed by atoms with Crippen molar-refractivity contribution in [3.8, 4) is 0 Å². The molecule has 0 bridgehead atoms. The summed E-state index contributed by atoms with van der Waals surface area (Å²) in [6.07, 6.45) is 0. The molecular weight excluding hydrogens is 338 g/mol. The van der Waals surface area contributed by atoms with Crippen LogP contribution < -0.4 is 10.4 Å². The molecule has 138 valence electrons. The lowest BCUT2D eigenvalue weighted by Gasteiger charge is -2.43. The van der Waals surface area contributed by atoms with Crippen molar-refractivity contribution < 1.29 is 9.22 Å². The number of benzene rings is 2. The first kappa shape index (κ1) is 19.0. The smallest absolute Gasteiger partial charge is 0.261 e. The van der Waals surface area contributed by atoms with Crippen LogP contribution in [0.25, 0.3) is 0 Å². The first-order valence-corrected chi connectivity index (χ1v) is 11.3. The van der Waals surface area contributed by atoms with E-state index < -0.39 is 8.32 Å². The van der Waals surface area contributed by atoms with Crippen LogP contribution in [0, 0.1) is 0 Å². The molecule has 0 aliphatic carbocycles. The summed E-state index contributed by atoms with van der Waals surface area (Å²) in [4.78, 5) is 13.7. The van der Waals surface area contributed by atoms with Crippen LogP contribution in [-0.4, -0.2) is 44.7 Å². The number of rotatable bonds is 7. The highest BCUT2D eigenvalue weighted by atomic mass is 28.4. The lowest BCUT2D eigenvalue weighted by molar-refractivity contribution is -0.117. The Kier molecular flexibility index (Phi) is 5.46. The van der Waals surface area contributed by atoms with E-state index in [1.165, 1.54) is 10.4 Å². The van der Waals surface area contributed by atoms with Crippen LogP contribution in [0.4, 0.5) is 0 Å². The fourth-order valence-electron chi connectivity index (χ4n) is 3.89. The molecule has 0 N–H and O–H groups in total. The molecule has 1 heterocycles. The molecule has 0 amide bonds. The van der Waals surface area contributed by atoms with Crippen LogP contribution in [-0.2, 0) is 9.22 Å². The monoisotopic (exact) mass is 367 g/mol. The minimum atomic E-state index is -2.45. The summed E-state index contributed by atoms with van der Waals surface area (Å²) in [6.45, 7) is 10.9. The van der Waals surface area contributed by atoms with Crippen LogP contribution >= 0.6 is 0 Å². The van der Waals surface area contributed by atoms with Gasteiger partial charge < -0.3 is 4.43 Å². The van der Waals surface area contributed by atoms with E-state index in [2.05, 4.69) is 86.3 Å². The van der Waals surface area contributed by atoms with Gasteiger partial charge in [0.05, 0.1) is 6.04 Å². The van der Waals surface area contributed by atoms with Crippen LogP contribution in [0.1, 0.15) is 27.7 Å². The summed E-state index contributed by atoms with van der Waals surface area (Å²) >= 11 is 0. The van der Waals surface area contributed by atoms with Crippen molar-refractivity contribution in [2.75, 3.05) is 19.7 Å². The second-order valence-electron chi connectivity index (χ2n) is 8.13. The minimum Gasteiger partial charge on any atom is -0.406 e. The largest absolute Gasteiger partial charge is 0.406 e. The van der Waals surface area contributed by atoms with Gasteiger partial charge in [0.1, 0.15) is 5.78 Å². The Bertz CT molecular complexity index is 700. The van der Waals surface area contributed by atoms with E-state index in [0.29, 0.717) is 6.61 Å². The van der Waals surface area contributed by atoms with Crippen molar-refractivity contribution >= 4 is 24.5 Å². The normalized spacial score (nSPS) is 20.0. The molecule has 4 heteroatoms. The fourth-order valence-corrected chi connectivity index (χ4v) is 8.44. The molecule has 3 rings (SSSR count). The number of ketones is 1. The molecule has 1 saturated heterocycles. The van der Waals surface area contributed by atoms with E-state index in [9.17, 15) is 4.79 Å². The quantitative estimate of drug-likeness (QED) is 0.557. The summed E-state index contributed by atoms with van der Waals surface area (Å²) in [5.74, 6) is 0.260. The van der Waals surface area contributed by atoms with Gasteiger partial charge in [0, 0.05) is 19.7 Å². The number of carbonyl (C=O) groups excluding carboxylic acids is 1. The molecule has 0 saturated carbocycles. The Hall–Kier alpha value is -1.75. The molecule has 1 aliphatic heterocycles. The van der Waals surface area contributed by atoms with E-state index in [0.717, 1.165) is 13.1 Å². The fraction of sp³-hybridized carbons (Fsp3) is 0.409. The maximum Gasteiger partial charge on any atom is 0.261 e. The molecule has 1 unspecified atom stereocenters. The minimum absolute atomic E-state index is 0.00539. The summed E-state index contributed by atoms with van der Waals surface area (Å²) in [7, 11) is -2.45. The van der Waals surface area contributed by atoms with Gasteiger partial charge in [-0.2, -0.15) is 0 Å². The standard InChI is InChI=1S/C22H29NO2Si/c1-18(24)21-17-23(21)15-16-25-26(22(2,3)4,19-11-7-5-8-12-19)20-13-9-6-10-14-20/h5-14,21H,15-17H2,1-4H3/t21-,23?/m1/s1. The Morgan fingerprint density at radius 3 is 1.92 bits per heavy atom. The number of carbonyl (C=O) groups is 1. The third kappa shape index (κ3) is 3.68. The van der Waals surface area contributed by atoms with E-state index in [1.54, 1.807) is 6.92 Å². The molecule has 2 aromatic carbocycles. The summed E-state index contributed by atoms with van der Waals surface area (Å²) < 4.78 is 6.83. The highest BCUT2D eigenvalue weighted by Crippen LogP contribution is 2.36. The summed E-state index contributed by atoms with van der Waals surface area (Å²) in [5.41, 5.74) is 0. The van der Waals surface area contributed by atoms with Gasteiger partial charge in [0.15, 0.2) is 0 Å². The number of nitrogens with zero attached hydrogens (tertiary/aromatic N) is 1. The van der Waals surface area contributed by atoms with Crippen LogP contribution in [0.5, 0.6) is 0 Å². The van der Waals surface area contributed by atoms with E-state index in [4.69, 9.17) is 4.43 Å². The van der Waals surface area contributed by atoms with Crippen molar-refractivity contribution in [3.05, 3.63) is 60.7 Å². The molecule has 0 aromatic heterocycles. The van der Waals surface area contributed by atoms with Crippen molar-refractivity contribution in [2.24, 2.45) is 0 Å². The SMILES string of the molecule is CC(=O)[C@H]1CN1CCO[Si](c1ccccc1)(c1ccccc1)C(C)(C)C. The average Bonchev–Trinajstić information content (AvgIpc) is 3.39. The summed E-state index contributed by atoms with van der Waals surface area (Å²) in [6, 6.07) is 21.5. The van der Waals surface area contributed by atoms with E-state index in [-0.39, 0.29) is 16.9 Å². The zero-order chi connectivity index (χ0) is 18.8. The Morgan fingerprint density at radius 1 is 1.04 bits per heavy atom. The van der Waals surface area contributed by atoms with Gasteiger partial charge in [-0.05, 0) is 22.3 Å². The Labute approximate surface area is 158 Å². The highest BCUT2D eigenvalue weighted by molar-refractivity contribution is 6.99. The first-order chi connectivity index (χ1) is 12.4. The van der Waals surface area contributed by atoms with Crippen molar-refractivity contribution in [3.63, 3.8) is 0 Å². The molecule has 26 heavy (non-hydrogen) atoms. The predicted molar refractivity (Wildman–Crippen MR) is 110 cm³/mol. The van der Waals surface area contributed by atoms with Gasteiger partial charge in [-0.15, -0.1) is 0 Å². The highest BCUT2D eigenvalue weighted by Gasteiger charge is 2.50. The third-order valence-electron chi connectivity index (χ3n) is 5.30. The van der Waals surface area contributed by atoms with E-state index >= 15 is 0 Å². The molecule has 0 radical (unpaired) electrons.